The smallest absolute Gasteiger partial charge is 0.387 e. The Morgan fingerprint density at radius 3 is 2.48 bits per heavy atom. The molecule has 2 rings (SSSR count). The van der Waals surface area contributed by atoms with E-state index in [4.69, 9.17) is 4.74 Å². The van der Waals surface area contributed by atoms with Gasteiger partial charge < -0.3 is 14.4 Å². The Hall–Kier alpha value is -2.11. The van der Waals surface area contributed by atoms with Crippen molar-refractivity contribution in [2.75, 3.05) is 14.2 Å². The predicted molar refractivity (Wildman–Crippen MR) is 92.9 cm³/mol. The van der Waals surface area contributed by atoms with Crippen LogP contribution < -0.4 is 9.47 Å². The number of ether oxygens (including phenoxy) is 2. The van der Waals surface area contributed by atoms with E-state index in [1.807, 2.05) is 7.05 Å². The second-order valence-corrected chi connectivity index (χ2v) is 6.22. The van der Waals surface area contributed by atoms with Gasteiger partial charge >= 0.3 is 6.61 Å². The normalized spacial score (nSPS) is 16.0. The Kier molecular flexibility index (Phi) is 7.22. The van der Waals surface area contributed by atoms with Crippen molar-refractivity contribution in [1.29, 1.82) is 0 Å². The summed E-state index contributed by atoms with van der Waals surface area (Å²) in [6.07, 6.45) is 10.1. The van der Waals surface area contributed by atoms with Crippen LogP contribution in [-0.4, -0.2) is 37.6 Å². The third kappa shape index (κ3) is 5.73. The van der Waals surface area contributed by atoms with Crippen LogP contribution in [0.3, 0.4) is 0 Å². The number of hydrogen-bond acceptors (Lipinski definition) is 3. The molecule has 0 aromatic heterocycles. The molecule has 0 heterocycles. The van der Waals surface area contributed by atoms with Crippen molar-refractivity contribution in [3.63, 3.8) is 0 Å². The SMILES string of the molecule is COc1cc(/C=C/C(=O)N(C)C2CCCCCC2)ccc1OC(F)F. The molecule has 0 radical (unpaired) electrons. The molecule has 138 valence electrons. The van der Waals surface area contributed by atoms with E-state index < -0.39 is 6.61 Å². The van der Waals surface area contributed by atoms with Gasteiger partial charge in [0.2, 0.25) is 5.91 Å². The maximum atomic E-state index is 12.4. The van der Waals surface area contributed by atoms with Gasteiger partial charge in [-0.25, -0.2) is 0 Å². The molecule has 0 aliphatic heterocycles. The van der Waals surface area contributed by atoms with Gasteiger partial charge in [-0.2, -0.15) is 8.78 Å². The molecule has 0 spiro atoms. The van der Waals surface area contributed by atoms with Gasteiger partial charge in [0.25, 0.3) is 0 Å². The van der Waals surface area contributed by atoms with E-state index in [1.54, 1.807) is 23.1 Å². The second kappa shape index (κ2) is 9.39. The minimum absolute atomic E-state index is 0.0310. The number of carbonyl (C=O) groups is 1. The molecular weight excluding hydrogens is 328 g/mol. The number of amides is 1. The van der Waals surface area contributed by atoms with Gasteiger partial charge in [-0.1, -0.05) is 31.7 Å². The maximum Gasteiger partial charge on any atom is 0.387 e. The first-order chi connectivity index (χ1) is 12.0. The summed E-state index contributed by atoms with van der Waals surface area (Å²) in [6.45, 7) is -2.91. The van der Waals surface area contributed by atoms with Crippen molar-refractivity contribution in [3.8, 4) is 11.5 Å². The molecule has 0 bridgehead atoms. The minimum Gasteiger partial charge on any atom is -0.493 e. The zero-order valence-electron chi connectivity index (χ0n) is 14.7. The molecule has 1 amide bonds. The average Bonchev–Trinajstić information content (AvgIpc) is 2.88. The zero-order valence-corrected chi connectivity index (χ0v) is 14.7. The molecule has 25 heavy (non-hydrogen) atoms. The molecule has 1 fully saturated rings. The minimum atomic E-state index is -2.91. The summed E-state index contributed by atoms with van der Waals surface area (Å²) in [5.41, 5.74) is 0.682. The summed E-state index contributed by atoms with van der Waals surface area (Å²) in [6, 6.07) is 4.86. The first-order valence-electron chi connectivity index (χ1n) is 8.59. The largest absolute Gasteiger partial charge is 0.493 e. The van der Waals surface area contributed by atoms with Crippen molar-refractivity contribution in [3.05, 3.63) is 29.8 Å². The third-order valence-corrected chi connectivity index (χ3v) is 4.54. The van der Waals surface area contributed by atoms with Crippen LogP contribution in [0.2, 0.25) is 0 Å². The Balaban J connectivity index is 2.03. The Bertz CT molecular complexity index is 596. The molecule has 1 aliphatic rings. The molecule has 0 unspecified atom stereocenters. The molecule has 0 N–H and O–H groups in total. The number of halogens is 2. The van der Waals surface area contributed by atoms with Gasteiger partial charge in [-0.3, -0.25) is 4.79 Å². The second-order valence-electron chi connectivity index (χ2n) is 6.22. The van der Waals surface area contributed by atoms with Crippen LogP contribution in [-0.2, 0) is 4.79 Å². The fraction of sp³-hybridized carbons (Fsp3) is 0.526. The quantitative estimate of drug-likeness (QED) is 0.559. The van der Waals surface area contributed by atoms with Crippen LogP contribution in [0, 0.1) is 0 Å². The summed E-state index contributed by atoms with van der Waals surface area (Å²) in [4.78, 5) is 14.2. The van der Waals surface area contributed by atoms with Crippen LogP contribution in [0.25, 0.3) is 6.08 Å². The Labute approximate surface area is 147 Å². The third-order valence-electron chi connectivity index (χ3n) is 4.54. The molecule has 1 saturated carbocycles. The predicted octanol–water partition coefficient (Wildman–Crippen LogP) is 4.49. The molecule has 6 heteroatoms. The van der Waals surface area contributed by atoms with Crippen molar-refractivity contribution in [1.82, 2.24) is 4.90 Å². The van der Waals surface area contributed by atoms with E-state index in [-0.39, 0.29) is 23.4 Å². The Morgan fingerprint density at radius 1 is 1.20 bits per heavy atom. The fourth-order valence-corrected chi connectivity index (χ4v) is 3.09. The molecule has 4 nitrogen and oxygen atoms in total. The van der Waals surface area contributed by atoms with E-state index in [9.17, 15) is 13.6 Å². The van der Waals surface area contributed by atoms with Crippen LogP contribution in [0.15, 0.2) is 24.3 Å². The summed E-state index contributed by atoms with van der Waals surface area (Å²) in [7, 11) is 3.22. The van der Waals surface area contributed by atoms with Crippen molar-refractivity contribution in [2.45, 2.75) is 51.2 Å². The zero-order chi connectivity index (χ0) is 18.2. The van der Waals surface area contributed by atoms with Crippen LogP contribution in [0.5, 0.6) is 11.5 Å². The van der Waals surface area contributed by atoms with Gasteiger partial charge in [0.05, 0.1) is 7.11 Å². The first-order valence-corrected chi connectivity index (χ1v) is 8.59. The monoisotopic (exact) mass is 353 g/mol. The van der Waals surface area contributed by atoms with Gasteiger partial charge in [-0.15, -0.1) is 0 Å². The number of likely N-dealkylation sites (N-methyl/N-ethyl adjacent to an activating group) is 1. The summed E-state index contributed by atoms with van der Waals surface area (Å²) < 4.78 is 34.1. The van der Waals surface area contributed by atoms with E-state index in [0.29, 0.717) is 5.56 Å². The highest BCUT2D eigenvalue weighted by Crippen LogP contribution is 2.30. The highest BCUT2D eigenvalue weighted by Gasteiger charge is 2.19. The molecule has 1 aromatic carbocycles. The lowest BCUT2D eigenvalue weighted by molar-refractivity contribution is -0.126. The molecule has 0 atom stereocenters. The average molecular weight is 353 g/mol. The van der Waals surface area contributed by atoms with Gasteiger partial charge in [0.15, 0.2) is 11.5 Å². The lowest BCUT2D eigenvalue weighted by Crippen LogP contribution is -2.35. The van der Waals surface area contributed by atoms with E-state index in [1.165, 1.54) is 32.1 Å². The Morgan fingerprint density at radius 2 is 1.88 bits per heavy atom. The summed E-state index contributed by atoms with van der Waals surface area (Å²) in [5, 5.41) is 0. The standard InChI is InChI=1S/C19H25F2NO3/c1-22(15-7-5-3-4-6-8-15)18(23)12-10-14-9-11-16(25-19(20)21)17(13-14)24-2/h9-13,15,19H,3-8H2,1-2H3/b12-10+. The lowest BCUT2D eigenvalue weighted by atomic mass is 10.1. The van der Waals surface area contributed by atoms with Gasteiger partial charge in [-0.05, 0) is 36.6 Å². The van der Waals surface area contributed by atoms with Gasteiger partial charge in [0, 0.05) is 19.2 Å². The van der Waals surface area contributed by atoms with Crippen LogP contribution in [0.1, 0.15) is 44.1 Å². The highest BCUT2D eigenvalue weighted by molar-refractivity contribution is 5.91. The lowest BCUT2D eigenvalue weighted by Gasteiger charge is -2.26. The van der Waals surface area contributed by atoms with Crippen molar-refractivity contribution in [2.24, 2.45) is 0 Å². The van der Waals surface area contributed by atoms with Crippen molar-refractivity contribution >= 4 is 12.0 Å². The maximum absolute atomic E-state index is 12.4. The van der Waals surface area contributed by atoms with Gasteiger partial charge in [0.1, 0.15) is 0 Å². The summed E-state index contributed by atoms with van der Waals surface area (Å²) >= 11 is 0. The number of methoxy groups -OCH3 is 1. The van der Waals surface area contributed by atoms with Crippen LogP contribution >= 0.6 is 0 Å². The fourth-order valence-electron chi connectivity index (χ4n) is 3.09. The van der Waals surface area contributed by atoms with E-state index in [2.05, 4.69) is 4.74 Å². The number of alkyl halides is 2. The molecule has 0 saturated heterocycles. The van der Waals surface area contributed by atoms with Crippen LogP contribution in [0.4, 0.5) is 8.78 Å². The van der Waals surface area contributed by atoms with E-state index >= 15 is 0 Å². The first kappa shape index (κ1) is 19.2. The topological polar surface area (TPSA) is 38.8 Å². The number of hydrogen-bond donors (Lipinski definition) is 0. The number of rotatable bonds is 6. The molecule has 1 aliphatic carbocycles. The number of carbonyl (C=O) groups excluding carboxylic acids is 1. The number of benzene rings is 1. The summed E-state index contributed by atoms with van der Waals surface area (Å²) in [5.74, 6) is 0.113. The molecular formula is C19H25F2NO3. The van der Waals surface area contributed by atoms with Crippen molar-refractivity contribution < 1.29 is 23.0 Å². The molecule has 1 aromatic rings. The number of nitrogens with zero attached hydrogens (tertiary/aromatic N) is 1. The highest BCUT2D eigenvalue weighted by atomic mass is 19.3. The van der Waals surface area contributed by atoms with E-state index in [0.717, 1.165) is 25.7 Å².